The first-order valence-corrected chi connectivity index (χ1v) is 9.08. The Morgan fingerprint density at radius 3 is 2.92 bits per heavy atom. The van der Waals surface area contributed by atoms with Gasteiger partial charge < -0.3 is 16.0 Å². The van der Waals surface area contributed by atoms with Crippen molar-refractivity contribution in [3.8, 4) is 11.3 Å². The zero-order chi connectivity index (χ0) is 17.7. The molecule has 26 heavy (non-hydrogen) atoms. The second-order valence-electron chi connectivity index (χ2n) is 7.50. The summed E-state index contributed by atoms with van der Waals surface area (Å²) in [6, 6.07) is 2.01. The molecule has 0 unspecified atom stereocenters. The number of nitrogens with zero attached hydrogens (tertiary/aromatic N) is 5. The summed E-state index contributed by atoms with van der Waals surface area (Å²) in [6.45, 7) is 4.82. The lowest BCUT2D eigenvalue weighted by Gasteiger charge is -2.37. The molecule has 4 N–H and O–H groups in total. The summed E-state index contributed by atoms with van der Waals surface area (Å²) in [7, 11) is 0. The molecule has 3 aromatic heterocycles. The maximum Gasteiger partial charge on any atom is 0.202 e. The maximum absolute atomic E-state index is 6.23. The van der Waals surface area contributed by atoms with E-state index in [0.717, 1.165) is 67.3 Å². The van der Waals surface area contributed by atoms with Crippen molar-refractivity contribution >= 4 is 22.8 Å². The molecule has 0 radical (unpaired) electrons. The predicted octanol–water partition coefficient (Wildman–Crippen LogP) is 1.70. The van der Waals surface area contributed by atoms with E-state index in [0.29, 0.717) is 5.65 Å². The van der Waals surface area contributed by atoms with Crippen LogP contribution in [0.25, 0.3) is 22.4 Å². The number of anilines is 2. The van der Waals surface area contributed by atoms with E-state index in [1.807, 2.05) is 18.5 Å². The van der Waals surface area contributed by atoms with E-state index in [4.69, 9.17) is 10.7 Å². The molecule has 1 saturated heterocycles. The van der Waals surface area contributed by atoms with Crippen molar-refractivity contribution in [1.82, 2.24) is 25.1 Å². The lowest BCUT2D eigenvalue weighted by Crippen LogP contribution is -2.48. The van der Waals surface area contributed by atoms with Gasteiger partial charge in [-0.25, -0.2) is 15.0 Å². The fourth-order valence-electron chi connectivity index (χ4n) is 3.81. The molecule has 5 rings (SSSR count). The Hall–Kier alpha value is -2.74. The van der Waals surface area contributed by atoms with Gasteiger partial charge in [-0.15, -0.1) is 0 Å². The highest BCUT2D eigenvalue weighted by Crippen LogP contribution is 2.33. The third-order valence-corrected chi connectivity index (χ3v) is 5.47. The molecule has 1 fully saturated rings. The van der Waals surface area contributed by atoms with Gasteiger partial charge in [0.2, 0.25) is 5.65 Å². The molecule has 2 aliphatic rings. The van der Waals surface area contributed by atoms with Gasteiger partial charge in [0.15, 0.2) is 0 Å². The zero-order valence-electron chi connectivity index (χ0n) is 14.8. The van der Waals surface area contributed by atoms with Gasteiger partial charge in [0.25, 0.3) is 0 Å². The number of H-pyrrole nitrogens is 1. The van der Waals surface area contributed by atoms with Crippen LogP contribution in [0, 0.1) is 0 Å². The first-order chi connectivity index (χ1) is 12.6. The zero-order valence-corrected chi connectivity index (χ0v) is 14.8. The molecule has 0 amide bonds. The number of nitrogens with one attached hydrogen (secondary N) is 2. The fraction of sp³-hybridized carbons (Fsp3) is 0.444. The van der Waals surface area contributed by atoms with Crippen molar-refractivity contribution in [2.45, 2.75) is 31.7 Å². The summed E-state index contributed by atoms with van der Waals surface area (Å²) < 4.78 is 0. The number of piperidine rings is 1. The minimum Gasteiger partial charge on any atom is -0.369 e. The van der Waals surface area contributed by atoms with E-state index in [1.54, 1.807) is 0 Å². The molecule has 8 nitrogen and oxygen atoms in total. The number of aromatic nitrogens is 5. The molecule has 0 atom stereocenters. The number of hydrogen-bond acceptors (Lipinski definition) is 7. The maximum atomic E-state index is 6.23. The Morgan fingerprint density at radius 1 is 1.23 bits per heavy atom. The topological polar surface area (TPSA) is 109 Å². The van der Waals surface area contributed by atoms with E-state index >= 15 is 0 Å². The Morgan fingerprint density at radius 2 is 2.08 bits per heavy atom. The third kappa shape index (κ3) is 2.48. The van der Waals surface area contributed by atoms with Crippen LogP contribution in [0.3, 0.4) is 0 Å². The molecule has 0 spiro atoms. The van der Waals surface area contributed by atoms with Crippen molar-refractivity contribution in [1.29, 1.82) is 0 Å². The predicted molar refractivity (Wildman–Crippen MR) is 101 cm³/mol. The van der Waals surface area contributed by atoms with Crippen molar-refractivity contribution < 1.29 is 0 Å². The van der Waals surface area contributed by atoms with Gasteiger partial charge in [-0.05, 0) is 32.3 Å². The van der Waals surface area contributed by atoms with Crippen molar-refractivity contribution in [3.05, 3.63) is 24.0 Å². The minimum absolute atomic E-state index is 0.0801. The minimum atomic E-state index is -0.0801. The molecule has 8 heteroatoms. The SMILES string of the molecule is CC1(N)CCN(c2cnc3c(-c4ccnc5c4CCN5)[nH]nc3n2)CC1. The third-order valence-electron chi connectivity index (χ3n) is 5.47. The molecular weight excluding hydrogens is 328 g/mol. The number of rotatable bonds is 2. The van der Waals surface area contributed by atoms with Crippen molar-refractivity contribution in [2.75, 3.05) is 29.9 Å². The Bertz CT molecular complexity index is 966. The second-order valence-corrected chi connectivity index (χ2v) is 7.50. The van der Waals surface area contributed by atoms with Crippen molar-refractivity contribution in [2.24, 2.45) is 5.73 Å². The van der Waals surface area contributed by atoms with Gasteiger partial charge >= 0.3 is 0 Å². The number of hydrogen-bond donors (Lipinski definition) is 3. The van der Waals surface area contributed by atoms with E-state index in [2.05, 4.69) is 37.3 Å². The van der Waals surface area contributed by atoms with Crippen LogP contribution in [0.5, 0.6) is 0 Å². The van der Waals surface area contributed by atoms with E-state index in [9.17, 15) is 0 Å². The van der Waals surface area contributed by atoms with Crippen LogP contribution in [-0.2, 0) is 6.42 Å². The van der Waals surface area contributed by atoms with Gasteiger partial charge in [-0.1, -0.05) is 0 Å². The highest BCUT2D eigenvalue weighted by molar-refractivity contribution is 5.90. The lowest BCUT2D eigenvalue weighted by molar-refractivity contribution is 0.363. The highest BCUT2D eigenvalue weighted by Gasteiger charge is 2.27. The van der Waals surface area contributed by atoms with Crippen molar-refractivity contribution in [3.63, 3.8) is 0 Å². The van der Waals surface area contributed by atoms with Crippen LogP contribution < -0.4 is 16.0 Å². The largest absolute Gasteiger partial charge is 0.369 e. The van der Waals surface area contributed by atoms with E-state index in [-0.39, 0.29) is 5.54 Å². The summed E-state index contributed by atoms with van der Waals surface area (Å²) in [5, 5.41) is 10.9. The Balaban J connectivity index is 1.50. The molecule has 2 aliphatic heterocycles. The number of pyridine rings is 1. The smallest absolute Gasteiger partial charge is 0.202 e. The molecule has 0 aliphatic carbocycles. The Labute approximate surface area is 151 Å². The average molecular weight is 350 g/mol. The second kappa shape index (κ2) is 5.63. The molecule has 5 heterocycles. The highest BCUT2D eigenvalue weighted by atomic mass is 15.2. The summed E-state index contributed by atoms with van der Waals surface area (Å²) in [5.41, 5.74) is 10.8. The summed E-state index contributed by atoms with van der Waals surface area (Å²) in [4.78, 5) is 16.1. The van der Waals surface area contributed by atoms with Crippen LogP contribution >= 0.6 is 0 Å². The summed E-state index contributed by atoms with van der Waals surface area (Å²) >= 11 is 0. The first-order valence-electron chi connectivity index (χ1n) is 9.08. The monoisotopic (exact) mass is 350 g/mol. The normalized spacial score (nSPS) is 18.8. The molecule has 134 valence electrons. The van der Waals surface area contributed by atoms with Crippen LogP contribution in [0.4, 0.5) is 11.6 Å². The van der Waals surface area contributed by atoms with E-state index < -0.39 is 0 Å². The number of aromatic amines is 1. The van der Waals surface area contributed by atoms with Gasteiger partial charge in [0.1, 0.15) is 17.2 Å². The molecular formula is C18H22N8. The van der Waals surface area contributed by atoms with E-state index in [1.165, 1.54) is 5.56 Å². The molecule has 3 aromatic rings. The molecule has 0 aromatic carbocycles. The lowest BCUT2D eigenvalue weighted by atomic mass is 9.91. The van der Waals surface area contributed by atoms with Gasteiger partial charge in [0, 0.05) is 42.5 Å². The summed E-state index contributed by atoms with van der Waals surface area (Å²) in [5.74, 6) is 1.82. The van der Waals surface area contributed by atoms with Gasteiger partial charge in [0.05, 0.1) is 11.9 Å². The van der Waals surface area contributed by atoms with Crippen LogP contribution in [-0.4, -0.2) is 50.3 Å². The standard InChI is InChI=1S/C18H22N8/c1-18(19)4-8-26(9-5-18)13-10-22-15-14(24-25-17(15)23-13)11-2-6-20-16-12(11)3-7-21-16/h2,6,10H,3-5,7-9,19H2,1H3,(H,20,21)(H,23,24,25). The first kappa shape index (κ1) is 15.5. The number of fused-ring (bicyclic) bond motifs is 2. The number of nitrogens with two attached hydrogens (primary N) is 1. The average Bonchev–Trinajstić information content (AvgIpc) is 3.27. The molecule has 0 saturated carbocycles. The van der Waals surface area contributed by atoms with Crippen LogP contribution in [0.1, 0.15) is 25.3 Å². The Kier molecular flexibility index (Phi) is 3.36. The van der Waals surface area contributed by atoms with Gasteiger partial charge in [-0.3, -0.25) is 5.10 Å². The van der Waals surface area contributed by atoms with Crippen LogP contribution in [0.15, 0.2) is 18.5 Å². The van der Waals surface area contributed by atoms with Crippen LogP contribution in [0.2, 0.25) is 0 Å². The molecule has 0 bridgehead atoms. The quantitative estimate of drug-likeness (QED) is 0.645. The summed E-state index contributed by atoms with van der Waals surface area (Å²) in [6.07, 6.45) is 6.53. The van der Waals surface area contributed by atoms with Gasteiger partial charge in [-0.2, -0.15) is 5.10 Å². The fourth-order valence-corrected chi connectivity index (χ4v) is 3.81.